The van der Waals surface area contributed by atoms with Crippen LogP contribution >= 0.6 is 0 Å². The van der Waals surface area contributed by atoms with Gasteiger partial charge in [-0.15, -0.1) is 0 Å². The van der Waals surface area contributed by atoms with Gasteiger partial charge in [0, 0.05) is 43.6 Å². The Balaban J connectivity index is 1.53. The number of carbonyl (C=O) groups is 1. The molecule has 1 aromatic carbocycles. The van der Waals surface area contributed by atoms with E-state index in [4.69, 9.17) is 0 Å². The summed E-state index contributed by atoms with van der Waals surface area (Å²) in [7, 11) is 0. The van der Waals surface area contributed by atoms with Crippen molar-refractivity contribution in [2.24, 2.45) is 11.8 Å². The van der Waals surface area contributed by atoms with E-state index < -0.39 is 0 Å². The molecule has 1 aromatic heterocycles. The molecule has 21 heavy (non-hydrogen) atoms. The highest BCUT2D eigenvalue weighted by atomic mass is 16.2. The molecule has 2 atom stereocenters. The lowest BCUT2D eigenvalue weighted by Crippen LogP contribution is -2.33. The molecule has 0 N–H and O–H groups in total. The van der Waals surface area contributed by atoms with Crippen molar-refractivity contribution in [1.82, 2.24) is 9.97 Å². The van der Waals surface area contributed by atoms with Crippen molar-refractivity contribution >= 4 is 17.5 Å². The summed E-state index contributed by atoms with van der Waals surface area (Å²) in [5.41, 5.74) is 0.999. The molecule has 5 nitrogen and oxygen atoms in total. The third-order valence-electron chi connectivity index (χ3n) is 4.34. The smallest absolute Gasteiger partial charge is 0.232 e. The second-order valence-corrected chi connectivity index (χ2v) is 5.60. The molecule has 0 unspecified atom stereocenters. The lowest BCUT2D eigenvalue weighted by atomic mass is 10.0. The predicted octanol–water partition coefficient (Wildman–Crippen LogP) is 1.58. The van der Waals surface area contributed by atoms with Gasteiger partial charge >= 0.3 is 0 Å². The van der Waals surface area contributed by atoms with Gasteiger partial charge in [-0.1, -0.05) is 18.2 Å². The van der Waals surface area contributed by atoms with E-state index in [0.717, 1.165) is 31.3 Å². The van der Waals surface area contributed by atoms with Gasteiger partial charge in [-0.05, 0) is 18.2 Å². The van der Waals surface area contributed by atoms with E-state index in [2.05, 4.69) is 14.9 Å². The normalized spacial score (nSPS) is 24.5. The van der Waals surface area contributed by atoms with Crippen molar-refractivity contribution < 1.29 is 4.79 Å². The van der Waals surface area contributed by atoms with E-state index in [1.54, 1.807) is 12.4 Å². The standard InChI is InChI=1S/C16H16N4O/c21-15-14-11-19(16-17-7-4-8-18-16)9-12(14)10-20(15)13-5-2-1-3-6-13/h1-8,12,14H,9-11H2/t12-,14-/m0/s1. The Morgan fingerprint density at radius 3 is 2.43 bits per heavy atom. The molecular weight excluding hydrogens is 264 g/mol. The van der Waals surface area contributed by atoms with Crippen molar-refractivity contribution in [2.75, 3.05) is 29.4 Å². The maximum Gasteiger partial charge on any atom is 0.232 e. The Kier molecular flexibility index (Phi) is 2.84. The molecule has 4 rings (SSSR count). The van der Waals surface area contributed by atoms with Crippen LogP contribution in [-0.2, 0) is 4.79 Å². The van der Waals surface area contributed by atoms with Crippen LogP contribution in [0.3, 0.4) is 0 Å². The van der Waals surface area contributed by atoms with Crippen LogP contribution in [0.5, 0.6) is 0 Å². The van der Waals surface area contributed by atoms with E-state index in [-0.39, 0.29) is 11.8 Å². The van der Waals surface area contributed by atoms with Gasteiger partial charge in [0.2, 0.25) is 11.9 Å². The Bertz CT molecular complexity index is 646. The first kappa shape index (κ1) is 12.3. The van der Waals surface area contributed by atoms with Crippen LogP contribution in [0.4, 0.5) is 11.6 Å². The van der Waals surface area contributed by atoms with Gasteiger partial charge in [0.1, 0.15) is 0 Å². The third-order valence-corrected chi connectivity index (χ3v) is 4.34. The number of nitrogens with zero attached hydrogens (tertiary/aromatic N) is 4. The van der Waals surface area contributed by atoms with Crippen molar-refractivity contribution in [3.8, 4) is 0 Å². The minimum atomic E-state index is 0.0639. The van der Waals surface area contributed by atoms with Gasteiger partial charge in [0.15, 0.2) is 0 Å². The zero-order chi connectivity index (χ0) is 14.2. The van der Waals surface area contributed by atoms with E-state index >= 15 is 0 Å². The van der Waals surface area contributed by atoms with Crippen LogP contribution in [0.1, 0.15) is 0 Å². The highest BCUT2D eigenvalue weighted by Gasteiger charge is 2.47. The van der Waals surface area contributed by atoms with Gasteiger partial charge in [-0.2, -0.15) is 0 Å². The monoisotopic (exact) mass is 280 g/mol. The average Bonchev–Trinajstić information content (AvgIpc) is 3.09. The van der Waals surface area contributed by atoms with Gasteiger partial charge in [-0.25, -0.2) is 9.97 Å². The van der Waals surface area contributed by atoms with Gasteiger partial charge < -0.3 is 9.80 Å². The van der Waals surface area contributed by atoms with Gasteiger partial charge in [0.25, 0.3) is 0 Å². The number of rotatable bonds is 2. The number of amides is 1. The molecule has 0 saturated carbocycles. The maximum absolute atomic E-state index is 12.6. The molecule has 5 heteroatoms. The molecule has 0 spiro atoms. The lowest BCUT2D eigenvalue weighted by molar-refractivity contribution is -0.120. The minimum absolute atomic E-state index is 0.0639. The van der Waals surface area contributed by atoms with Crippen molar-refractivity contribution in [1.29, 1.82) is 0 Å². The van der Waals surface area contributed by atoms with Crippen LogP contribution < -0.4 is 9.80 Å². The quantitative estimate of drug-likeness (QED) is 0.838. The van der Waals surface area contributed by atoms with E-state index in [9.17, 15) is 4.79 Å². The zero-order valence-corrected chi connectivity index (χ0v) is 11.6. The van der Waals surface area contributed by atoms with Crippen LogP contribution in [0.2, 0.25) is 0 Å². The summed E-state index contributed by atoms with van der Waals surface area (Å²) in [6.45, 7) is 2.36. The topological polar surface area (TPSA) is 49.3 Å². The number of fused-ring (bicyclic) bond motifs is 1. The van der Waals surface area contributed by atoms with Crippen LogP contribution in [0.25, 0.3) is 0 Å². The van der Waals surface area contributed by atoms with Crippen LogP contribution in [0.15, 0.2) is 48.8 Å². The van der Waals surface area contributed by atoms with Crippen molar-refractivity contribution in [2.45, 2.75) is 0 Å². The van der Waals surface area contributed by atoms with Crippen LogP contribution in [-0.4, -0.2) is 35.5 Å². The van der Waals surface area contributed by atoms with Gasteiger partial charge in [0.05, 0.1) is 5.92 Å². The second kappa shape index (κ2) is 4.84. The Morgan fingerprint density at radius 2 is 1.71 bits per heavy atom. The molecule has 0 bridgehead atoms. The molecule has 0 aliphatic carbocycles. The molecular formula is C16H16N4O. The first-order valence-corrected chi connectivity index (χ1v) is 7.21. The summed E-state index contributed by atoms with van der Waals surface area (Å²) in [5, 5.41) is 0. The van der Waals surface area contributed by atoms with Crippen molar-refractivity contribution in [3.05, 3.63) is 48.8 Å². The number of aromatic nitrogens is 2. The first-order valence-electron chi connectivity index (χ1n) is 7.21. The van der Waals surface area contributed by atoms with Crippen LogP contribution in [0, 0.1) is 11.8 Å². The summed E-state index contributed by atoms with van der Waals surface area (Å²) in [6, 6.07) is 11.7. The van der Waals surface area contributed by atoms with E-state index in [1.807, 2.05) is 41.3 Å². The molecule has 0 radical (unpaired) electrons. The van der Waals surface area contributed by atoms with E-state index in [1.165, 1.54) is 0 Å². The minimum Gasteiger partial charge on any atom is -0.340 e. The molecule has 2 aliphatic rings. The highest BCUT2D eigenvalue weighted by Crippen LogP contribution is 2.35. The maximum atomic E-state index is 12.6. The van der Waals surface area contributed by atoms with E-state index in [0.29, 0.717) is 5.92 Å². The SMILES string of the molecule is O=C1[C@H]2CN(c3ncccn3)C[C@H]2CN1c1ccccc1. The van der Waals surface area contributed by atoms with Crippen molar-refractivity contribution in [3.63, 3.8) is 0 Å². The summed E-state index contributed by atoms with van der Waals surface area (Å²) in [5.74, 6) is 1.38. The van der Waals surface area contributed by atoms with Gasteiger partial charge in [-0.3, -0.25) is 4.79 Å². The molecule has 1 amide bonds. The fourth-order valence-corrected chi connectivity index (χ4v) is 3.32. The Labute approximate surface area is 123 Å². The number of carbonyl (C=O) groups excluding carboxylic acids is 1. The third kappa shape index (κ3) is 2.05. The number of anilines is 2. The predicted molar refractivity (Wildman–Crippen MR) is 80.0 cm³/mol. The summed E-state index contributed by atoms with van der Waals surface area (Å²) in [4.78, 5) is 25.2. The Hall–Kier alpha value is -2.43. The average molecular weight is 280 g/mol. The number of para-hydroxylation sites is 1. The summed E-state index contributed by atoms with van der Waals surface area (Å²) < 4.78 is 0. The fourth-order valence-electron chi connectivity index (χ4n) is 3.32. The molecule has 2 saturated heterocycles. The first-order chi connectivity index (χ1) is 10.3. The molecule has 2 fully saturated rings. The highest BCUT2D eigenvalue weighted by molar-refractivity contribution is 5.98. The summed E-state index contributed by atoms with van der Waals surface area (Å²) in [6.07, 6.45) is 3.49. The Morgan fingerprint density at radius 1 is 0.952 bits per heavy atom. The number of hydrogen-bond donors (Lipinski definition) is 0. The molecule has 2 aliphatic heterocycles. The molecule has 3 heterocycles. The largest absolute Gasteiger partial charge is 0.340 e. The number of benzene rings is 1. The molecule has 2 aromatic rings. The number of hydrogen-bond acceptors (Lipinski definition) is 4. The second-order valence-electron chi connectivity index (χ2n) is 5.60. The summed E-state index contributed by atoms with van der Waals surface area (Å²) >= 11 is 0. The zero-order valence-electron chi connectivity index (χ0n) is 11.6. The molecule has 106 valence electrons. The lowest BCUT2D eigenvalue weighted by Gasteiger charge is -2.21. The fraction of sp³-hybridized carbons (Fsp3) is 0.312.